The van der Waals surface area contributed by atoms with Gasteiger partial charge in [-0.2, -0.15) is 0 Å². The van der Waals surface area contributed by atoms with Crippen LogP contribution in [0, 0.1) is 12.8 Å². The zero-order valence-electron chi connectivity index (χ0n) is 19.1. The van der Waals surface area contributed by atoms with Gasteiger partial charge in [-0.3, -0.25) is 19.3 Å². The fourth-order valence-electron chi connectivity index (χ4n) is 3.75. The minimum absolute atomic E-state index is 0.147. The molecule has 0 aliphatic heterocycles. The topological polar surface area (TPSA) is 134 Å². The number of para-hydroxylation sites is 1. The third kappa shape index (κ3) is 4.10. The van der Waals surface area contributed by atoms with Gasteiger partial charge < -0.3 is 10.5 Å². The molecule has 3 amide bonds. The minimum atomic E-state index is -0.923. The standard InChI is InChI=1S/C23H24N6O4S/c1-12(2)18(19(30)25-21(24)32)34-23-27-26-22-28(16-11-13(3)9-10-17(16)33-4)20(31)14-7-5-6-8-15(14)29(22)23/h5-12,18H,1-4H3,(H3,24,25,30,32). The number of benzene rings is 2. The Balaban J connectivity index is 2.00. The van der Waals surface area contributed by atoms with Crippen molar-refractivity contribution in [2.24, 2.45) is 11.7 Å². The zero-order valence-corrected chi connectivity index (χ0v) is 19.9. The highest BCUT2D eigenvalue weighted by atomic mass is 32.2. The van der Waals surface area contributed by atoms with E-state index in [1.807, 2.05) is 39.0 Å². The van der Waals surface area contributed by atoms with Gasteiger partial charge in [0.2, 0.25) is 11.7 Å². The lowest BCUT2D eigenvalue weighted by molar-refractivity contribution is -0.120. The maximum atomic E-state index is 13.6. The number of amides is 3. The van der Waals surface area contributed by atoms with E-state index in [1.165, 1.54) is 11.7 Å². The van der Waals surface area contributed by atoms with Crippen molar-refractivity contribution in [3.05, 3.63) is 58.4 Å². The number of nitrogens with one attached hydrogen (secondary N) is 1. The van der Waals surface area contributed by atoms with Crippen LogP contribution in [0.3, 0.4) is 0 Å². The second kappa shape index (κ2) is 9.18. The first kappa shape index (κ1) is 23.3. The van der Waals surface area contributed by atoms with Crippen molar-refractivity contribution in [1.82, 2.24) is 24.5 Å². The van der Waals surface area contributed by atoms with Gasteiger partial charge in [-0.1, -0.05) is 43.8 Å². The highest BCUT2D eigenvalue weighted by Gasteiger charge is 2.28. The molecule has 176 valence electrons. The summed E-state index contributed by atoms with van der Waals surface area (Å²) in [5.74, 6) is 0.101. The van der Waals surface area contributed by atoms with Gasteiger partial charge in [0.1, 0.15) is 5.75 Å². The monoisotopic (exact) mass is 480 g/mol. The first-order valence-electron chi connectivity index (χ1n) is 10.5. The van der Waals surface area contributed by atoms with Crippen LogP contribution in [0.5, 0.6) is 5.75 Å². The number of urea groups is 1. The molecule has 0 saturated heterocycles. The van der Waals surface area contributed by atoms with Crippen LogP contribution >= 0.6 is 11.8 Å². The molecule has 2 heterocycles. The third-order valence-electron chi connectivity index (χ3n) is 5.31. The molecule has 0 saturated carbocycles. The number of imide groups is 1. The summed E-state index contributed by atoms with van der Waals surface area (Å²) >= 11 is 1.14. The van der Waals surface area contributed by atoms with E-state index in [1.54, 1.807) is 28.7 Å². The predicted octanol–water partition coefficient (Wildman–Crippen LogP) is 2.66. The average molecular weight is 481 g/mol. The lowest BCUT2D eigenvalue weighted by Crippen LogP contribution is -2.42. The smallest absolute Gasteiger partial charge is 0.318 e. The van der Waals surface area contributed by atoms with E-state index >= 15 is 0 Å². The molecule has 1 atom stereocenters. The summed E-state index contributed by atoms with van der Waals surface area (Å²) in [6.45, 7) is 5.63. The van der Waals surface area contributed by atoms with Gasteiger partial charge in [0, 0.05) is 0 Å². The quantitative estimate of drug-likeness (QED) is 0.405. The molecule has 4 aromatic rings. The molecule has 34 heavy (non-hydrogen) atoms. The van der Waals surface area contributed by atoms with Crippen molar-refractivity contribution in [2.45, 2.75) is 31.2 Å². The fourth-order valence-corrected chi connectivity index (χ4v) is 4.78. The molecule has 0 radical (unpaired) electrons. The molecule has 2 aromatic carbocycles. The number of nitrogens with two attached hydrogens (primary N) is 1. The number of carbonyl (C=O) groups excluding carboxylic acids is 2. The summed E-state index contributed by atoms with van der Waals surface area (Å²) < 4.78 is 8.71. The minimum Gasteiger partial charge on any atom is -0.495 e. The molecule has 1 unspecified atom stereocenters. The molecule has 0 fully saturated rings. The van der Waals surface area contributed by atoms with Gasteiger partial charge in [0.25, 0.3) is 5.56 Å². The fraction of sp³-hybridized carbons (Fsp3) is 0.261. The highest BCUT2D eigenvalue weighted by molar-refractivity contribution is 8.00. The molecular weight excluding hydrogens is 456 g/mol. The molecule has 2 aromatic heterocycles. The van der Waals surface area contributed by atoms with Gasteiger partial charge in [-0.25, -0.2) is 9.36 Å². The van der Waals surface area contributed by atoms with Crippen molar-refractivity contribution in [1.29, 1.82) is 0 Å². The van der Waals surface area contributed by atoms with Crippen LogP contribution in [0.1, 0.15) is 19.4 Å². The van der Waals surface area contributed by atoms with Crippen molar-refractivity contribution in [3.8, 4) is 11.4 Å². The second-order valence-electron chi connectivity index (χ2n) is 8.09. The van der Waals surface area contributed by atoms with Crippen LogP contribution in [0.15, 0.2) is 52.4 Å². The number of methoxy groups -OCH3 is 1. The summed E-state index contributed by atoms with van der Waals surface area (Å²) in [7, 11) is 1.53. The SMILES string of the molecule is COc1ccc(C)cc1-n1c(=O)c2ccccc2n2c(SC(C(=O)NC(N)=O)C(C)C)nnc12. The number of hydrogen-bond donors (Lipinski definition) is 2. The molecule has 11 heteroatoms. The van der Waals surface area contributed by atoms with Crippen LogP contribution < -0.4 is 21.3 Å². The van der Waals surface area contributed by atoms with Crippen molar-refractivity contribution < 1.29 is 14.3 Å². The van der Waals surface area contributed by atoms with Crippen molar-refractivity contribution in [3.63, 3.8) is 0 Å². The van der Waals surface area contributed by atoms with Crippen LogP contribution in [0.25, 0.3) is 22.4 Å². The maximum Gasteiger partial charge on any atom is 0.318 e. The maximum absolute atomic E-state index is 13.6. The highest BCUT2D eigenvalue weighted by Crippen LogP contribution is 2.31. The Kier molecular flexibility index (Phi) is 6.29. The van der Waals surface area contributed by atoms with E-state index < -0.39 is 17.2 Å². The molecule has 0 aliphatic carbocycles. The average Bonchev–Trinajstić information content (AvgIpc) is 3.20. The van der Waals surface area contributed by atoms with Crippen LogP contribution in [-0.2, 0) is 4.79 Å². The first-order valence-corrected chi connectivity index (χ1v) is 11.4. The number of nitrogens with zero attached hydrogens (tertiary/aromatic N) is 4. The van der Waals surface area contributed by atoms with E-state index in [0.717, 1.165) is 17.3 Å². The second-order valence-corrected chi connectivity index (χ2v) is 9.20. The number of carbonyl (C=O) groups is 2. The Morgan fingerprint density at radius 3 is 2.56 bits per heavy atom. The number of thioether (sulfide) groups is 1. The largest absolute Gasteiger partial charge is 0.495 e. The van der Waals surface area contributed by atoms with Gasteiger partial charge >= 0.3 is 6.03 Å². The summed E-state index contributed by atoms with van der Waals surface area (Å²) in [5, 5.41) is 10.9. The number of aromatic nitrogens is 4. The molecule has 4 rings (SSSR count). The Labute approximate surface area is 199 Å². The lowest BCUT2D eigenvalue weighted by Gasteiger charge is -2.18. The molecular formula is C23H24N6O4S. The van der Waals surface area contributed by atoms with E-state index in [2.05, 4.69) is 15.5 Å². The number of aryl methyl sites for hydroxylation is 1. The van der Waals surface area contributed by atoms with E-state index in [-0.39, 0.29) is 17.3 Å². The molecule has 3 N–H and O–H groups in total. The van der Waals surface area contributed by atoms with Gasteiger partial charge in [0.05, 0.1) is 29.0 Å². The summed E-state index contributed by atoms with van der Waals surface area (Å²) in [5.41, 5.74) is 6.93. The Bertz CT molecular complexity index is 1480. The number of fused-ring (bicyclic) bond motifs is 3. The van der Waals surface area contributed by atoms with E-state index in [9.17, 15) is 14.4 Å². The van der Waals surface area contributed by atoms with Crippen LogP contribution in [0.4, 0.5) is 4.79 Å². The van der Waals surface area contributed by atoms with Crippen LogP contribution in [0.2, 0.25) is 0 Å². The normalized spacial score (nSPS) is 12.3. The number of primary amides is 1. The number of hydrogen-bond acceptors (Lipinski definition) is 7. The Morgan fingerprint density at radius 2 is 1.88 bits per heavy atom. The van der Waals surface area contributed by atoms with E-state index in [4.69, 9.17) is 10.5 Å². The summed E-state index contributed by atoms with van der Waals surface area (Å²) in [4.78, 5) is 37.5. The first-order chi connectivity index (χ1) is 16.2. The van der Waals surface area contributed by atoms with Crippen LogP contribution in [-0.4, -0.2) is 43.5 Å². The number of rotatable bonds is 6. The predicted molar refractivity (Wildman–Crippen MR) is 130 cm³/mol. The van der Waals surface area contributed by atoms with Gasteiger partial charge in [-0.05, 0) is 42.7 Å². The van der Waals surface area contributed by atoms with Crippen molar-refractivity contribution >= 4 is 40.4 Å². The number of ether oxygens (including phenoxy) is 1. The molecule has 0 spiro atoms. The van der Waals surface area contributed by atoms with E-state index in [0.29, 0.717) is 27.5 Å². The third-order valence-corrected chi connectivity index (χ3v) is 6.80. The lowest BCUT2D eigenvalue weighted by atomic mass is 10.1. The molecule has 0 aliphatic rings. The summed E-state index contributed by atoms with van der Waals surface area (Å²) in [6.07, 6.45) is 0. The zero-order chi connectivity index (χ0) is 24.6. The molecule has 10 nitrogen and oxygen atoms in total. The van der Waals surface area contributed by atoms with Gasteiger partial charge in [0.15, 0.2) is 5.16 Å². The van der Waals surface area contributed by atoms with Gasteiger partial charge in [-0.15, -0.1) is 10.2 Å². The summed E-state index contributed by atoms with van der Waals surface area (Å²) in [6, 6.07) is 11.7. The molecule has 0 bridgehead atoms. The Morgan fingerprint density at radius 1 is 1.15 bits per heavy atom. The van der Waals surface area contributed by atoms with Crippen molar-refractivity contribution in [2.75, 3.05) is 7.11 Å². The Hall–Kier alpha value is -3.86.